The number of hydrogen-bond donors (Lipinski definition) is 1. The first-order valence-corrected chi connectivity index (χ1v) is 22.7. The lowest BCUT2D eigenvalue weighted by Crippen LogP contribution is -2.68. The van der Waals surface area contributed by atoms with Gasteiger partial charge in [-0.15, -0.1) is 0 Å². The molecule has 0 bridgehead atoms. The highest BCUT2D eigenvalue weighted by molar-refractivity contribution is 5.69. The Kier molecular flexibility index (Phi) is 13.7. The van der Waals surface area contributed by atoms with E-state index >= 15 is 0 Å². The van der Waals surface area contributed by atoms with Crippen LogP contribution in [0.3, 0.4) is 0 Å². The van der Waals surface area contributed by atoms with Gasteiger partial charge in [-0.05, 0) is 122 Å². The molecule has 0 saturated heterocycles. The average molecular weight is 709 g/mol. The lowest BCUT2D eigenvalue weighted by atomic mass is 9.32. The molecule has 0 aliphatic heterocycles. The number of esters is 1. The van der Waals surface area contributed by atoms with Gasteiger partial charge in [-0.25, -0.2) is 0 Å². The van der Waals surface area contributed by atoms with E-state index in [2.05, 4.69) is 62.0 Å². The van der Waals surface area contributed by atoms with Gasteiger partial charge >= 0.3 is 5.97 Å². The van der Waals surface area contributed by atoms with Crippen molar-refractivity contribution in [3.8, 4) is 0 Å². The van der Waals surface area contributed by atoms with E-state index in [0.29, 0.717) is 36.0 Å². The smallest absolute Gasteiger partial charge is 0.306 e. The van der Waals surface area contributed by atoms with Gasteiger partial charge in [0.05, 0.1) is 6.10 Å². The molecule has 294 valence electrons. The second-order valence-electron chi connectivity index (χ2n) is 20.9. The van der Waals surface area contributed by atoms with E-state index in [1.54, 1.807) is 0 Å². The summed E-state index contributed by atoms with van der Waals surface area (Å²) >= 11 is 0. The molecule has 0 aromatic carbocycles. The molecular formula is C48H84O3. The molecule has 5 fully saturated rings. The van der Waals surface area contributed by atoms with Gasteiger partial charge in [0.15, 0.2) is 0 Å². The van der Waals surface area contributed by atoms with Crippen molar-refractivity contribution in [2.75, 3.05) is 0 Å². The molecule has 0 aromatic heterocycles. The number of carbonyl (C=O) groups excluding carboxylic acids is 1. The summed E-state index contributed by atoms with van der Waals surface area (Å²) in [5.41, 5.74) is 1.98. The predicted octanol–water partition coefficient (Wildman–Crippen LogP) is 13.8. The molecule has 5 saturated carbocycles. The molecule has 1 N–H and O–H groups in total. The van der Waals surface area contributed by atoms with Crippen LogP contribution < -0.4 is 0 Å². The quantitative estimate of drug-likeness (QED) is 0.0876. The maximum atomic E-state index is 13.2. The Balaban J connectivity index is 1.08. The van der Waals surface area contributed by atoms with Gasteiger partial charge in [0.25, 0.3) is 0 Å². The summed E-state index contributed by atoms with van der Waals surface area (Å²) in [6, 6.07) is 0. The van der Waals surface area contributed by atoms with Crippen molar-refractivity contribution in [2.24, 2.45) is 56.7 Å². The molecule has 3 nitrogen and oxygen atoms in total. The lowest BCUT2D eigenvalue weighted by Gasteiger charge is -2.73. The van der Waals surface area contributed by atoms with Crippen LogP contribution in [0.5, 0.6) is 0 Å². The highest BCUT2D eigenvalue weighted by atomic mass is 16.5. The first-order valence-electron chi connectivity index (χ1n) is 22.7. The number of allylic oxidation sites excluding steroid dienone is 1. The van der Waals surface area contributed by atoms with Crippen LogP contribution in [-0.4, -0.2) is 23.3 Å². The minimum Gasteiger partial charge on any atom is -0.462 e. The Morgan fingerprint density at radius 1 is 0.667 bits per heavy atom. The molecular weight excluding hydrogens is 625 g/mol. The highest BCUT2D eigenvalue weighted by Crippen LogP contribution is 2.77. The monoisotopic (exact) mass is 709 g/mol. The molecule has 11 atom stereocenters. The Hall–Kier alpha value is -0.830. The second-order valence-corrected chi connectivity index (χ2v) is 20.9. The molecule has 0 amide bonds. The third-order valence-corrected chi connectivity index (χ3v) is 17.8. The maximum Gasteiger partial charge on any atom is 0.306 e. The van der Waals surface area contributed by atoms with E-state index in [-0.39, 0.29) is 45.3 Å². The Morgan fingerprint density at radius 3 is 1.78 bits per heavy atom. The zero-order valence-corrected chi connectivity index (χ0v) is 35.2. The third-order valence-electron chi connectivity index (χ3n) is 17.8. The van der Waals surface area contributed by atoms with Crippen LogP contribution in [0, 0.1) is 56.7 Å². The number of aliphatic hydroxyl groups is 1. The number of fused-ring (bicyclic) bond motifs is 7. The SMILES string of the molecule is C=C(C)C1CCC2(C)C(O)CC3(C)C(CCC4C5(C)CCC(OC(=O)CCCCCCCCCCCCCCCCC)C(C)(C)C5CCC43C)C12. The fourth-order valence-corrected chi connectivity index (χ4v) is 14.6. The van der Waals surface area contributed by atoms with E-state index in [1.165, 1.54) is 121 Å². The number of hydrogen-bond acceptors (Lipinski definition) is 3. The maximum absolute atomic E-state index is 13.2. The zero-order valence-electron chi connectivity index (χ0n) is 35.2. The summed E-state index contributed by atoms with van der Waals surface area (Å²) < 4.78 is 6.41. The number of rotatable bonds is 18. The van der Waals surface area contributed by atoms with Crippen molar-refractivity contribution in [3.05, 3.63) is 12.2 Å². The molecule has 11 unspecified atom stereocenters. The largest absolute Gasteiger partial charge is 0.462 e. The van der Waals surface area contributed by atoms with Crippen molar-refractivity contribution < 1.29 is 14.6 Å². The molecule has 3 heteroatoms. The second kappa shape index (κ2) is 16.9. The van der Waals surface area contributed by atoms with E-state index in [1.807, 2.05) is 0 Å². The minimum absolute atomic E-state index is 0.0159. The minimum atomic E-state index is -0.217. The van der Waals surface area contributed by atoms with Crippen LogP contribution in [0.15, 0.2) is 12.2 Å². The lowest BCUT2D eigenvalue weighted by molar-refractivity contribution is -0.262. The molecule has 5 aliphatic rings. The predicted molar refractivity (Wildman–Crippen MR) is 215 cm³/mol. The average Bonchev–Trinajstić information content (AvgIpc) is 3.44. The van der Waals surface area contributed by atoms with Crippen LogP contribution in [0.4, 0.5) is 0 Å². The van der Waals surface area contributed by atoms with Crippen molar-refractivity contribution in [3.63, 3.8) is 0 Å². The molecule has 0 radical (unpaired) electrons. The summed E-state index contributed by atoms with van der Waals surface area (Å²) in [5, 5.41) is 12.0. The van der Waals surface area contributed by atoms with Crippen LogP contribution in [0.2, 0.25) is 0 Å². The van der Waals surface area contributed by atoms with E-state index in [0.717, 1.165) is 38.5 Å². The van der Waals surface area contributed by atoms with Crippen molar-refractivity contribution in [1.29, 1.82) is 0 Å². The van der Waals surface area contributed by atoms with Crippen LogP contribution in [-0.2, 0) is 9.53 Å². The van der Waals surface area contributed by atoms with Gasteiger partial charge in [0.2, 0.25) is 0 Å². The van der Waals surface area contributed by atoms with Gasteiger partial charge in [-0.2, -0.15) is 0 Å². The van der Waals surface area contributed by atoms with Gasteiger partial charge in [-0.3, -0.25) is 4.79 Å². The summed E-state index contributed by atoms with van der Waals surface area (Å²) in [5.74, 6) is 3.05. The number of unbranched alkanes of at least 4 members (excludes halogenated alkanes) is 14. The molecule has 51 heavy (non-hydrogen) atoms. The fourth-order valence-electron chi connectivity index (χ4n) is 14.6. The van der Waals surface area contributed by atoms with Crippen molar-refractivity contribution in [2.45, 2.75) is 228 Å². The molecule has 0 heterocycles. The van der Waals surface area contributed by atoms with E-state index in [4.69, 9.17) is 4.74 Å². The normalized spacial score (nSPS) is 41.2. The molecule has 0 spiro atoms. The molecule has 5 rings (SSSR count). The zero-order chi connectivity index (χ0) is 37.1. The van der Waals surface area contributed by atoms with Crippen molar-refractivity contribution >= 4 is 5.97 Å². The standard InChI is InChI=1S/C48H84O3/c1-10-11-12-13-14-15-16-17-18-19-20-21-22-23-24-25-42(50)51-41-30-32-45(6)38(44(41,4)5)29-33-47(8)39(45)27-26-37-43-36(35(2)3)28-31-46(43,7)40(49)34-48(37,47)9/h36-41,43,49H,2,10-34H2,1,3-9H3. The Morgan fingerprint density at radius 2 is 1.22 bits per heavy atom. The highest BCUT2D eigenvalue weighted by Gasteiger charge is 2.72. The third kappa shape index (κ3) is 7.97. The van der Waals surface area contributed by atoms with Gasteiger partial charge in [0, 0.05) is 11.8 Å². The fraction of sp³-hybridized carbons (Fsp3) is 0.938. The summed E-state index contributed by atoms with van der Waals surface area (Å²) in [7, 11) is 0. The number of ether oxygens (including phenoxy) is 1. The Bertz CT molecular complexity index is 1160. The Labute approximate surface area is 316 Å². The van der Waals surface area contributed by atoms with E-state index in [9.17, 15) is 9.90 Å². The summed E-state index contributed by atoms with van der Waals surface area (Å²) in [6.45, 7) is 24.2. The number of aliphatic hydroxyl groups excluding tert-OH is 1. The van der Waals surface area contributed by atoms with Gasteiger partial charge < -0.3 is 9.84 Å². The van der Waals surface area contributed by atoms with Gasteiger partial charge in [-0.1, -0.05) is 151 Å². The van der Waals surface area contributed by atoms with E-state index < -0.39 is 0 Å². The van der Waals surface area contributed by atoms with Gasteiger partial charge in [0.1, 0.15) is 6.10 Å². The van der Waals surface area contributed by atoms with Crippen molar-refractivity contribution in [1.82, 2.24) is 0 Å². The van der Waals surface area contributed by atoms with Crippen LogP contribution in [0.25, 0.3) is 0 Å². The molecule has 0 aromatic rings. The van der Waals surface area contributed by atoms with Crippen LogP contribution >= 0.6 is 0 Å². The number of carbonyl (C=O) groups is 1. The first kappa shape index (κ1) is 41.3. The first-order chi connectivity index (χ1) is 24.2. The summed E-state index contributed by atoms with van der Waals surface area (Å²) in [4.78, 5) is 13.2. The van der Waals surface area contributed by atoms with Crippen LogP contribution in [0.1, 0.15) is 216 Å². The molecule has 5 aliphatic carbocycles. The summed E-state index contributed by atoms with van der Waals surface area (Å²) in [6.07, 6.45) is 31.1. The topological polar surface area (TPSA) is 46.5 Å².